The van der Waals surface area contributed by atoms with E-state index in [1.54, 1.807) is 20.3 Å². The highest BCUT2D eigenvalue weighted by molar-refractivity contribution is 5.65. The highest BCUT2D eigenvalue weighted by Gasteiger charge is 2.30. The van der Waals surface area contributed by atoms with Gasteiger partial charge in [0.25, 0.3) is 0 Å². The van der Waals surface area contributed by atoms with Crippen LogP contribution in [0.5, 0.6) is 17.2 Å². The van der Waals surface area contributed by atoms with Crippen LogP contribution in [0.15, 0.2) is 47.0 Å². The van der Waals surface area contributed by atoms with E-state index < -0.39 is 0 Å². The summed E-state index contributed by atoms with van der Waals surface area (Å²) >= 11 is 0. The molecule has 2 N–H and O–H groups in total. The molecule has 1 aliphatic heterocycles. The molecule has 2 aromatic carbocycles. The fourth-order valence-corrected chi connectivity index (χ4v) is 3.54. The molecule has 164 valence electrons. The normalized spacial score (nSPS) is 18.2. The number of nitrogens with one attached hydrogen (secondary N) is 2. The van der Waals surface area contributed by atoms with Crippen LogP contribution >= 0.6 is 0 Å². The average molecular weight is 425 g/mol. The number of unbranched alkanes of at least 4 members (excludes halogenated alkanes) is 1. The van der Waals surface area contributed by atoms with E-state index in [0.29, 0.717) is 23.2 Å². The van der Waals surface area contributed by atoms with Crippen LogP contribution in [-0.2, 0) is 0 Å². The van der Waals surface area contributed by atoms with E-state index in [1.165, 1.54) is 5.56 Å². The van der Waals surface area contributed by atoms with Gasteiger partial charge in [-0.05, 0) is 42.7 Å². The van der Waals surface area contributed by atoms with Crippen molar-refractivity contribution < 1.29 is 18.7 Å². The fourth-order valence-electron chi connectivity index (χ4n) is 3.54. The molecule has 2 heterocycles. The summed E-state index contributed by atoms with van der Waals surface area (Å²) in [5, 5.41) is 4.15. The van der Waals surface area contributed by atoms with Gasteiger partial charge in [-0.15, -0.1) is 0 Å². The summed E-state index contributed by atoms with van der Waals surface area (Å²) in [7, 11) is 3.22. The Morgan fingerprint density at radius 2 is 1.77 bits per heavy atom. The van der Waals surface area contributed by atoms with Gasteiger partial charge in [0.1, 0.15) is 23.3 Å². The number of rotatable bonds is 9. The SMILES string of the molecule is CCCCOc1ccc(C2CC(c3nc(-c4ccc(OC)cc4OC)no3)NN2)cc1. The van der Waals surface area contributed by atoms with Gasteiger partial charge in [0.05, 0.1) is 26.4 Å². The average Bonchev–Trinajstić information content (AvgIpc) is 3.49. The number of hydrogen-bond acceptors (Lipinski definition) is 8. The van der Waals surface area contributed by atoms with Crippen molar-refractivity contribution >= 4 is 0 Å². The van der Waals surface area contributed by atoms with Gasteiger partial charge >= 0.3 is 0 Å². The second kappa shape index (κ2) is 9.80. The molecule has 0 aliphatic carbocycles. The standard InChI is InChI=1S/C23H28N4O4/c1-4-5-12-30-16-8-6-15(7-9-16)19-14-20(26-25-19)23-24-22(27-31-23)18-11-10-17(28-2)13-21(18)29-3/h6-11,13,19-20,25-26H,4-5,12,14H2,1-3H3. The zero-order valence-corrected chi connectivity index (χ0v) is 18.1. The molecule has 31 heavy (non-hydrogen) atoms. The number of hydrogen-bond donors (Lipinski definition) is 2. The molecule has 3 aromatic rings. The molecule has 1 saturated heterocycles. The van der Waals surface area contributed by atoms with E-state index in [4.69, 9.17) is 18.7 Å². The maximum atomic E-state index is 5.75. The first-order chi connectivity index (χ1) is 15.2. The van der Waals surface area contributed by atoms with Crippen molar-refractivity contribution in [1.82, 2.24) is 21.0 Å². The number of hydrazine groups is 1. The van der Waals surface area contributed by atoms with Crippen molar-refractivity contribution in [3.05, 3.63) is 53.9 Å². The van der Waals surface area contributed by atoms with Gasteiger partial charge in [0.15, 0.2) is 0 Å². The summed E-state index contributed by atoms with van der Waals surface area (Å²) in [5.41, 5.74) is 8.51. The molecule has 0 amide bonds. The number of ether oxygens (including phenoxy) is 3. The molecule has 2 unspecified atom stereocenters. The van der Waals surface area contributed by atoms with Gasteiger partial charge in [-0.2, -0.15) is 4.98 Å². The van der Waals surface area contributed by atoms with Gasteiger partial charge in [-0.25, -0.2) is 10.9 Å². The van der Waals surface area contributed by atoms with E-state index in [-0.39, 0.29) is 12.1 Å². The molecule has 4 rings (SSSR count). The lowest BCUT2D eigenvalue weighted by molar-refractivity contribution is 0.309. The Labute approximate surface area is 181 Å². The summed E-state index contributed by atoms with van der Waals surface area (Å²) < 4.78 is 22.0. The zero-order valence-electron chi connectivity index (χ0n) is 18.1. The smallest absolute Gasteiger partial charge is 0.245 e. The first-order valence-electron chi connectivity index (χ1n) is 10.5. The van der Waals surface area contributed by atoms with E-state index in [0.717, 1.165) is 37.2 Å². The summed E-state index contributed by atoms with van der Waals surface area (Å²) in [6.45, 7) is 2.90. The molecular formula is C23H28N4O4. The first kappa shape index (κ1) is 21.1. The maximum Gasteiger partial charge on any atom is 0.245 e. The van der Waals surface area contributed by atoms with Crippen molar-refractivity contribution in [3.63, 3.8) is 0 Å². The molecule has 8 nitrogen and oxygen atoms in total. The third-order valence-electron chi connectivity index (χ3n) is 5.34. The Bertz CT molecular complexity index is 989. The minimum Gasteiger partial charge on any atom is -0.497 e. The molecule has 2 atom stereocenters. The van der Waals surface area contributed by atoms with Crippen molar-refractivity contribution in [2.24, 2.45) is 0 Å². The molecule has 0 radical (unpaired) electrons. The van der Waals surface area contributed by atoms with E-state index in [2.05, 4.69) is 40.0 Å². The van der Waals surface area contributed by atoms with Crippen LogP contribution in [-0.4, -0.2) is 31.0 Å². The predicted octanol–water partition coefficient (Wildman–Crippen LogP) is 4.21. The Balaban J connectivity index is 1.42. The van der Waals surface area contributed by atoms with E-state index >= 15 is 0 Å². The number of aromatic nitrogens is 2. The highest BCUT2D eigenvalue weighted by atomic mass is 16.5. The Morgan fingerprint density at radius 1 is 1.00 bits per heavy atom. The highest BCUT2D eigenvalue weighted by Crippen LogP contribution is 2.34. The molecule has 1 aromatic heterocycles. The Hall–Kier alpha value is -3.10. The summed E-state index contributed by atoms with van der Waals surface area (Å²) in [5.74, 6) is 3.24. The molecule has 0 spiro atoms. The molecule has 1 fully saturated rings. The first-order valence-corrected chi connectivity index (χ1v) is 10.5. The number of nitrogens with zero attached hydrogens (tertiary/aromatic N) is 2. The van der Waals surface area contributed by atoms with Crippen LogP contribution in [0.25, 0.3) is 11.4 Å². The van der Waals surface area contributed by atoms with Gasteiger partial charge in [-0.1, -0.05) is 30.6 Å². The predicted molar refractivity (Wildman–Crippen MR) is 116 cm³/mol. The van der Waals surface area contributed by atoms with Gasteiger partial charge < -0.3 is 18.7 Å². The van der Waals surface area contributed by atoms with Crippen molar-refractivity contribution in [1.29, 1.82) is 0 Å². The third-order valence-corrected chi connectivity index (χ3v) is 5.34. The van der Waals surface area contributed by atoms with Crippen LogP contribution in [0, 0.1) is 0 Å². The minimum atomic E-state index is -0.0871. The van der Waals surface area contributed by atoms with Crippen molar-refractivity contribution in [2.45, 2.75) is 38.3 Å². The summed E-state index contributed by atoms with van der Waals surface area (Å²) in [6, 6.07) is 13.8. The van der Waals surface area contributed by atoms with Crippen molar-refractivity contribution in [3.8, 4) is 28.6 Å². The van der Waals surface area contributed by atoms with Crippen molar-refractivity contribution in [2.75, 3.05) is 20.8 Å². The Kier molecular flexibility index (Phi) is 6.69. The largest absolute Gasteiger partial charge is 0.497 e. The molecular weight excluding hydrogens is 396 g/mol. The maximum absolute atomic E-state index is 5.75. The molecule has 8 heteroatoms. The number of methoxy groups -OCH3 is 2. The Morgan fingerprint density at radius 3 is 2.52 bits per heavy atom. The van der Waals surface area contributed by atoms with E-state index in [9.17, 15) is 0 Å². The van der Waals surface area contributed by atoms with Gasteiger partial charge in [0, 0.05) is 12.1 Å². The van der Waals surface area contributed by atoms with Gasteiger partial charge in [-0.3, -0.25) is 0 Å². The second-order valence-corrected chi connectivity index (χ2v) is 7.42. The fraction of sp³-hybridized carbons (Fsp3) is 0.391. The summed E-state index contributed by atoms with van der Waals surface area (Å²) in [6.07, 6.45) is 2.98. The molecule has 0 saturated carbocycles. The minimum absolute atomic E-state index is 0.0871. The zero-order chi connectivity index (χ0) is 21.6. The lowest BCUT2D eigenvalue weighted by Gasteiger charge is -2.11. The lowest BCUT2D eigenvalue weighted by Crippen LogP contribution is -2.26. The molecule has 0 bridgehead atoms. The monoisotopic (exact) mass is 424 g/mol. The van der Waals surface area contributed by atoms with Crippen LogP contribution in [0.2, 0.25) is 0 Å². The number of benzene rings is 2. The van der Waals surface area contributed by atoms with Crippen LogP contribution < -0.4 is 25.1 Å². The van der Waals surface area contributed by atoms with Crippen LogP contribution in [0.4, 0.5) is 0 Å². The van der Waals surface area contributed by atoms with E-state index in [1.807, 2.05) is 24.3 Å². The molecule has 1 aliphatic rings. The topological polar surface area (TPSA) is 90.7 Å². The third kappa shape index (κ3) is 4.81. The second-order valence-electron chi connectivity index (χ2n) is 7.42. The van der Waals surface area contributed by atoms with Crippen LogP contribution in [0.1, 0.15) is 49.7 Å². The quantitative estimate of drug-likeness (QED) is 0.494. The summed E-state index contributed by atoms with van der Waals surface area (Å²) in [4.78, 5) is 4.59. The lowest BCUT2D eigenvalue weighted by atomic mass is 10.0. The van der Waals surface area contributed by atoms with Crippen LogP contribution in [0.3, 0.4) is 0 Å². The van der Waals surface area contributed by atoms with Gasteiger partial charge in [0.2, 0.25) is 11.7 Å².